The molecule has 0 spiro atoms. The number of carbonyl (C=O) groups excluding carboxylic acids is 2. The SMILES string of the molecule is CC(OC(=O)C(C)Oc1ccc(Br)cc1)C(=O)Nc1cc(F)ccc1F. The van der Waals surface area contributed by atoms with Crippen LogP contribution in [0.3, 0.4) is 0 Å². The molecular formula is C18H16BrF2NO4. The summed E-state index contributed by atoms with van der Waals surface area (Å²) in [5, 5.41) is 2.17. The van der Waals surface area contributed by atoms with Crippen LogP contribution < -0.4 is 10.1 Å². The molecule has 0 heterocycles. The van der Waals surface area contributed by atoms with Gasteiger partial charge in [-0.1, -0.05) is 15.9 Å². The van der Waals surface area contributed by atoms with Crippen LogP contribution in [0.2, 0.25) is 0 Å². The first kappa shape index (κ1) is 19.8. The fourth-order valence-corrected chi connectivity index (χ4v) is 2.18. The van der Waals surface area contributed by atoms with Crippen LogP contribution in [0.5, 0.6) is 5.75 Å². The molecule has 0 fully saturated rings. The number of anilines is 1. The molecule has 2 unspecified atom stereocenters. The molecule has 0 saturated heterocycles. The van der Waals surface area contributed by atoms with Crippen molar-refractivity contribution in [1.82, 2.24) is 0 Å². The van der Waals surface area contributed by atoms with Gasteiger partial charge in [0.15, 0.2) is 12.2 Å². The zero-order valence-corrected chi connectivity index (χ0v) is 15.5. The quantitative estimate of drug-likeness (QED) is 0.705. The maximum absolute atomic E-state index is 13.5. The van der Waals surface area contributed by atoms with E-state index in [0.717, 1.165) is 22.7 Å². The summed E-state index contributed by atoms with van der Waals surface area (Å²) in [5.74, 6) is -2.61. The Bertz CT molecular complexity index is 798. The third kappa shape index (κ3) is 5.52. The van der Waals surface area contributed by atoms with E-state index < -0.39 is 35.7 Å². The molecule has 2 atom stereocenters. The maximum Gasteiger partial charge on any atom is 0.347 e. The number of amides is 1. The highest BCUT2D eigenvalue weighted by Crippen LogP contribution is 2.18. The van der Waals surface area contributed by atoms with Crippen LogP contribution in [0.4, 0.5) is 14.5 Å². The Morgan fingerprint density at radius 2 is 1.69 bits per heavy atom. The second-order valence-electron chi connectivity index (χ2n) is 5.41. The summed E-state index contributed by atoms with van der Waals surface area (Å²) >= 11 is 3.28. The molecule has 0 saturated carbocycles. The first-order valence-electron chi connectivity index (χ1n) is 7.65. The van der Waals surface area contributed by atoms with Crippen molar-refractivity contribution in [3.63, 3.8) is 0 Å². The van der Waals surface area contributed by atoms with Gasteiger partial charge in [0.1, 0.15) is 17.4 Å². The molecule has 2 rings (SSSR count). The van der Waals surface area contributed by atoms with Crippen molar-refractivity contribution in [3.05, 3.63) is 58.6 Å². The van der Waals surface area contributed by atoms with E-state index in [-0.39, 0.29) is 5.69 Å². The van der Waals surface area contributed by atoms with E-state index in [0.29, 0.717) is 5.75 Å². The van der Waals surface area contributed by atoms with Gasteiger partial charge < -0.3 is 14.8 Å². The highest BCUT2D eigenvalue weighted by atomic mass is 79.9. The Morgan fingerprint density at radius 3 is 2.35 bits per heavy atom. The number of ether oxygens (including phenoxy) is 2. The van der Waals surface area contributed by atoms with E-state index in [1.54, 1.807) is 24.3 Å². The van der Waals surface area contributed by atoms with Gasteiger partial charge in [0.2, 0.25) is 0 Å². The first-order chi connectivity index (χ1) is 12.3. The molecule has 5 nitrogen and oxygen atoms in total. The van der Waals surface area contributed by atoms with Crippen molar-refractivity contribution >= 4 is 33.5 Å². The maximum atomic E-state index is 13.5. The van der Waals surface area contributed by atoms with E-state index in [2.05, 4.69) is 21.2 Å². The summed E-state index contributed by atoms with van der Waals surface area (Å²) in [6.45, 7) is 2.79. The lowest BCUT2D eigenvalue weighted by molar-refractivity contribution is -0.159. The number of rotatable bonds is 6. The fraction of sp³-hybridized carbons (Fsp3) is 0.222. The van der Waals surface area contributed by atoms with Gasteiger partial charge in [-0.05, 0) is 50.2 Å². The van der Waals surface area contributed by atoms with E-state index in [1.165, 1.54) is 13.8 Å². The van der Waals surface area contributed by atoms with Gasteiger partial charge in [-0.25, -0.2) is 13.6 Å². The molecule has 2 aromatic rings. The van der Waals surface area contributed by atoms with E-state index in [4.69, 9.17) is 9.47 Å². The van der Waals surface area contributed by atoms with Crippen LogP contribution in [0.25, 0.3) is 0 Å². The Hall–Kier alpha value is -2.48. The summed E-state index contributed by atoms with van der Waals surface area (Å²) in [6, 6.07) is 9.47. The van der Waals surface area contributed by atoms with Crippen molar-refractivity contribution in [1.29, 1.82) is 0 Å². The van der Waals surface area contributed by atoms with Gasteiger partial charge in [0.05, 0.1) is 5.69 Å². The molecular weight excluding hydrogens is 412 g/mol. The van der Waals surface area contributed by atoms with Crippen LogP contribution >= 0.6 is 15.9 Å². The molecule has 8 heteroatoms. The zero-order chi connectivity index (χ0) is 19.3. The lowest BCUT2D eigenvalue weighted by Gasteiger charge is -2.18. The smallest absolute Gasteiger partial charge is 0.347 e. The average molecular weight is 428 g/mol. The molecule has 0 aromatic heterocycles. The Morgan fingerprint density at radius 1 is 1.04 bits per heavy atom. The lowest BCUT2D eigenvalue weighted by atomic mass is 10.2. The number of benzene rings is 2. The molecule has 2 aromatic carbocycles. The molecule has 26 heavy (non-hydrogen) atoms. The molecule has 0 radical (unpaired) electrons. The van der Waals surface area contributed by atoms with Crippen LogP contribution in [0, 0.1) is 11.6 Å². The van der Waals surface area contributed by atoms with Gasteiger partial charge in [-0.2, -0.15) is 0 Å². The van der Waals surface area contributed by atoms with Crippen molar-refractivity contribution in [3.8, 4) is 5.75 Å². The number of hydrogen-bond acceptors (Lipinski definition) is 4. The molecule has 0 aliphatic heterocycles. The second kappa shape index (κ2) is 8.75. The third-order valence-electron chi connectivity index (χ3n) is 3.31. The highest BCUT2D eigenvalue weighted by molar-refractivity contribution is 9.10. The van der Waals surface area contributed by atoms with E-state index in [1.807, 2.05) is 0 Å². The number of hydrogen-bond donors (Lipinski definition) is 1. The summed E-state index contributed by atoms with van der Waals surface area (Å²) in [5.41, 5.74) is -0.336. The topological polar surface area (TPSA) is 64.6 Å². The highest BCUT2D eigenvalue weighted by Gasteiger charge is 2.24. The first-order valence-corrected chi connectivity index (χ1v) is 8.44. The van der Waals surface area contributed by atoms with Gasteiger partial charge in [0.25, 0.3) is 5.91 Å². The van der Waals surface area contributed by atoms with Gasteiger partial charge in [-0.15, -0.1) is 0 Å². The van der Waals surface area contributed by atoms with Crippen LogP contribution in [-0.2, 0) is 14.3 Å². The van der Waals surface area contributed by atoms with Gasteiger partial charge in [-0.3, -0.25) is 4.79 Å². The van der Waals surface area contributed by atoms with Gasteiger partial charge in [0, 0.05) is 10.5 Å². The number of esters is 1. The number of nitrogens with one attached hydrogen (secondary N) is 1. The molecule has 1 N–H and O–H groups in total. The minimum atomic E-state index is -1.22. The summed E-state index contributed by atoms with van der Waals surface area (Å²) in [7, 11) is 0. The van der Waals surface area contributed by atoms with E-state index in [9.17, 15) is 18.4 Å². The van der Waals surface area contributed by atoms with Crippen molar-refractivity contribution in [2.45, 2.75) is 26.1 Å². The minimum absolute atomic E-state index is 0.336. The van der Waals surface area contributed by atoms with E-state index >= 15 is 0 Å². The monoisotopic (exact) mass is 427 g/mol. The summed E-state index contributed by atoms with van der Waals surface area (Å²) < 4.78 is 38.0. The Balaban J connectivity index is 1.91. The van der Waals surface area contributed by atoms with Crippen molar-refractivity contribution in [2.75, 3.05) is 5.32 Å². The molecule has 0 aliphatic rings. The fourth-order valence-electron chi connectivity index (χ4n) is 1.92. The molecule has 0 aliphatic carbocycles. The second-order valence-corrected chi connectivity index (χ2v) is 6.32. The number of halogens is 3. The number of carbonyl (C=O) groups is 2. The summed E-state index contributed by atoms with van der Waals surface area (Å²) in [6.07, 6.45) is -2.18. The molecule has 1 amide bonds. The Kier molecular flexibility index (Phi) is 6.68. The average Bonchev–Trinajstić information content (AvgIpc) is 2.59. The van der Waals surface area contributed by atoms with Crippen LogP contribution in [-0.4, -0.2) is 24.1 Å². The van der Waals surface area contributed by atoms with Gasteiger partial charge >= 0.3 is 5.97 Å². The summed E-state index contributed by atoms with van der Waals surface area (Å²) in [4.78, 5) is 24.0. The lowest BCUT2D eigenvalue weighted by Crippen LogP contribution is -2.35. The largest absolute Gasteiger partial charge is 0.479 e. The van der Waals surface area contributed by atoms with Crippen molar-refractivity contribution in [2.24, 2.45) is 0 Å². The predicted molar refractivity (Wildman–Crippen MR) is 94.8 cm³/mol. The standard InChI is InChI=1S/C18H16BrF2NO4/c1-10(17(23)22-16-9-13(20)5-8-15(16)21)26-18(24)11(2)25-14-6-3-12(19)4-7-14/h3-11H,1-2H3,(H,22,23). The molecule has 138 valence electrons. The normalized spacial score (nSPS) is 12.8. The van der Waals surface area contributed by atoms with Crippen LogP contribution in [0.15, 0.2) is 46.9 Å². The Labute approximate surface area is 157 Å². The zero-order valence-electron chi connectivity index (χ0n) is 14.0. The molecule has 0 bridgehead atoms. The minimum Gasteiger partial charge on any atom is -0.479 e. The predicted octanol–water partition coefficient (Wildman–Crippen LogP) is 4.07. The van der Waals surface area contributed by atoms with Crippen LogP contribution in [0.1, 0.15) is 13.8 Å². The van der Waals surface area contributed by atoms with Crippen molar-refractivity contribution < 1.29 is 27.8 Å². The third-order valence-corrected chi connectivity index (χ3v) is 3.84.